The van der Waals surface area contributed by atoms with Gasteiger partial charge in [-0.25, -0.2) is 0 Å². The van der Waals surface area contributed by atoms with E-state index in [9.17, 15) is 14.9 Å². The molecule has 1 saturated heterocycles. The molecule has 0 aliphatic carbocycles. The van der Waals surface area contributed by atoms with Gasteiger partial charge in [-0.3, -0.25) is 19.8 Å². The molecule has 6 nitrogen and oxygen atoms in total. The molecule has 1 heterocycles. The number of likely N-dealkylation sites (tertiary alicyclic amines) is 1. The number of nitrogens with one attached hydrogen (secondary N) is 1. The Bertz CT molecular complexity index is 1080. The van der Waals surface area contributed by atoms with E-state index in [0.717, 1.165) is 36.3 Å². The average Bonchev–Trinajstić information content (AvgIpc) is 2.80. The van der Waals surface area contributed by atoms with Crippen molar-refractivity contribution in [2.24, 2.45) is 0 Å². The van der Waals surface area contributed by atoms with E-state index in [1.807, 2.05) is 36.4 Å². The minimum atomic E-state index is -0.471. The van der Waals surface area contributed by atoms with Crippen molar-refractivity contribution in [2.45, 2.75) is 25.8 Å². The number of hydrogen-bond donors (Lipinski definition) is 1. The van der Waals surface area contributed by atoms with Crippen LogP contribution in [0.15, 0.2) is 72.8 Å². The van der Waals surface area contributed by atoms with Crippen LogP contribution in [0, 0.1) is 10.1 Å². The number of nitro groups is 1. The van der Waals surface area contributed by atoms with Crippen LogP contribution in [0.4, 0.5) is 11.4 Å². The molecule has 3 aromatic carbocycles. The van der Waals surface area contributed by atoms with E-state index >= 15 is 0 Å². The zero-order chi connectivity index (χ0) is 21.6. The fourth-order valence-electron chi connectivity index (χ4n) is 4.02. The van der Waals surface area contributed by atoms with E-state index in [0.29, 0.717) is 11.3 Å². The first-order valence-electron chi connectivity index (χ1n) is 10.6. The maximum absolute atomic E-state index is 12.9. The lowest BCUT2D eigenvalue weighted by Crippen LogP contribution is -2.29. The van der Waals surface area contributed by atoms with Crippen molar-refractivity contribution >= 4 is 29.7 Å². The summed E-state index contributed by atoms with van der Waals surface area (Å²) in [6.07, 6.45) is 3.68. The third kappa shape index (κ3) is 5.72. The summed E-state index contributed by atoms with van der Waals surface area (Å²) in [7, 11) is 0. The lowest BCUT2D eigenvalue weighted by Gasteiger charge is -2.27. The first-order valence-corrected chi connectivity index (χ1v) is 10.6. The van der Waals surface area contributed by atoms with Gasteiger partial charge in [0.2, 0.25) is 0 Å². The number of amides is 1. The van der Waals surface area contributed by atoms with Crippen LogP contribution in [0.1, 0.15) is 35.2 Å². The van der Waals surface area contributed by atoms with Gasteiger partial charge in [-0.15, -0.1) is 12.4 Å². The quantitative estimate of drug-likeness (QED) is 0.372. The number of carbonyl (C=O) groups excluding carboxylic acids is 1. The molecule has 166 valence electrons. The van der Waals surface area contributed by atoms with Crippen molar-refractivity contribution in [2.75, 3.05) is 18.4 Å². The molecule has 0 unspecified atom stereocenters. The number of piperidine rings is 1. The number of halogens is 1. The maximum Gasteiger partial charge on any atom is 0.271 e. The summed E-state index contributed by atoms with van der Waals surface area (Å²) in [5, 5.41) is 13.8. The molecule has 7 heteroatoms. The van der Waals surface area contributed by atoms with Crippen LogP contribution in [0.2, 0.25) is 0 Å². The molecule has 1 fully saturated rings. The van der Waals surface area contributed by atoms with E-state index in [2.05, 4.69) is 22.3 Å². The van der Waals surface area contributed by atoms with Gasteiger partial charge in [0.25, 0.3) is 11.6 Å². The first-order chi connectivity index (χ1) is 15.1. The standard InChI is InChI=1S/C25H25N3O3.ClH/c29-25(26-22-10-7-11-23(17-22)28(30)31)20-12-13-24(19-8-3-1-4-9-19)21(16-20)18-27-14-5-2-6-15-27;/h1,3-4,7-13,16-17H,2,5-6,14-15,18H2,(H,26,29);1H. The van der Waals surface area contributed by atoms with Crippen LogP contribution >= 0.6 is 12.4 Å². The second-order valence-corrected chi connectivity index (χ2v) is 7.84. The highest BCUT2D eigenvalue weighted by Crippen LogP contribution is 2.27. The lowest BCUT2D eigenvalue weighted by atomic mass is 9.96. The fourth-order valence-corrected chi connectivity index (χ4v) is 4.02. The Kier molecular flexibility index (Phi) is 7.98. The van der Waals surface area contributed by atoms with E-state index in [1.165, 1.54) is 31.4 Å². The number of nitrogens with zero attached hydrogens (tertiary/aromatic N) is 2. The molecule has 0 spiro atoms. The van der Waals surface area contributed by atoms with Crippen molar-refractivity contribution in [3.63, 3.8) is 0 Å². The van der Waals surface area contributed by atoms with Gasteiger partial charge in [0.1, 0.15) is 0 Å². The molecular formula is C25H26ClN3O3. The SMILES string of the molecule is Cl.O=C(Nc1cccc([N+](=O)[O-])c1)c1ccc(-c2ccccc2)c(CN2CCCCC2)c1. The number of rotatable bonds is 6. The highest BCUT2D eigenvalue weighted by Gasteiger charge is 2.16. The molecule has 1 aliphatic rings. The highest BCUT2D eigenvalue weighted by molar-refractivity contribution is 6.04. The van der Waals surface area contributed by atoms with Crippen molar-refractivity contribution in [1.82, 2.24) is 4.90 Å². The summed E-state index contributed by atoms with van der Waals surface area (Å²) in [6, 6.07) is 21.9. The summed E-state index contributed by atoms with van der Waals surface area (Å²) in [6.45, 7) is 2.93. The molecule has 1 N–H and O–H groups in total. The fraction of sp³-hybridized carbons (Fsp3) is 0.240. The van der Waals surface area contributed by atoms with Gasteiger partial charge in [-0.05, 0) is 60.8 Å². The predicted molar refractivity (Wildman–Crippen MR) is 129 cm³/mol. The third-order valence-corrected chi connectivity index (χ3v) is 5.61. The Hall–Kier alpha value is -3.22. The topological polar surface area (TPSA) is 75.5 Å². The molecule has 1 amide bonds. The van der Waals surface area contributed by atoms with Crippen molar-refractivity contribution in [3.05, 3.63) is 94.0 Å². The summed E-state index contributed by atoms with van der Waals surface area (Å²) in [5.74, 6) is -0.278. The molecule has 1 aliphatic heterocycles. The van der Waals surface area contributed by atoms with Gasteiger partial charge in [0.05, 0.1) is 4.92 Å². The number of hydrogen-bond acceptors (Lipinski definition) is 4. The van der Waals surface area contributed by atoms with Crippen LogP contribution < -0.4 is 5.32 Å². The van der Waals surface area contributed by atoms with Crippen LogP contribution in [0.3, 0.4) is 0 Å². The van der Waals surface area contributed by atoms with E-state index < -0.39 is 4.92 Å². The molecule has 0 saturated carbocycles. The number of non-ortho nitro benzene ring substituents is 1. The Morgan fingerprint density at radius 2 is 1.69 bits per heavy atom. The van der Waals surface area contributed by atoms with Gasteiger partial charge in [0, 0.05) is 29.9 Å². The van der Waals surface area contributed by atoms with E-state index in [-0.39, 0.29) is 24.0 Å². The monoisotopic (exact) mass is 451 g/mol. The van der Waals surface area contributed by atoms with E-state index in [1.54, 1.807) is 12.1 Å². The second kappa shape index (κ2) is 10.9. The molecule has 4 rings (SSSR count). The lowest BCUT2D eigenvalue weighted by molar-refractivity contribution is -0.384. The molecular weight excluding hydrogens is 426 g/mol. The Morgan fingerprint density at radius 1 is 0.938 bits per heavy atom. The minimum absolute atomic E-state index is 0. The minimum Gasteiger partial charge on any atom is -0.322 e. The molecule has 3 aromatic rings. The van der Waals surface area contributed by atoms with Crippen LogP contribution in [-0.2, 0) is 6.54 Å². The van der Waals surface area contributed by atoms with Crippen molar-refractivity contribution in [1.29, 1.82) is 0 Å². The summed E-state index contributed by atoms with van der Waals surface area (Å²) < 4.78 is 0. The smallest absolute Gasteiger partial charge is 0.271 e. The van der Waals surface area contributed by atoms with Gasteiger partial charge < -0.3 is 5.32 Å². The third-order valence-electron chi connectivity index (χ3n) is 5.61. The van der Waals surface area contributed by atoms with Crippen LogP contribution in [-0.4, -0.2) is 28.8 Å². The van der Waals surface area contributed by atoms with Crippen molar-refractivity contribution < 1.29 is 9.72 Å². The predicted octanol–water partition coefficient (Wildman–Crippen LogP) is 5.92. The molecule has 0 bridgehead atoms. The Balaban J connectivity index is 0.00000289. The number of nitro benzene ring substituents is 1. The van der Waals surface area contributed by atoms with Crippen LogP contribution in [0.25, 0.3) is 11.1 Å². The van der Waals surface area contributed by atoms with Gasteiger partial charge in [-0.2, -0.15) is 0 Å². The van der Waals surface area contributed by atoms with E-state index in [4.69, 9.17) is 0 Å². The zero-order valence-corrected chi connectivity index (χ0v) is 18.5. The summed E-state index contributed by atoms with van der Waals surface area (Å²) >= 11 is 0. The van der Waals surface area contributed by atoms with Gasteiger partial charge >= 0.3 is 0 Å². The first kappa shape index (κ1) is 23.4. The summed E-state index contributed by atoms with van der Waals surface area (Å²) in [4.78, 5) is 25.9. The van der Waals surface area contributed by atoms with Crippen LogP contribution in [0.5, 0.6) is 0 Å². The summed E-state index contributed by atoms with van der Waals surface area (Å²) in [5.41, 5.74) is 4.25. The molecule has 0 radical (unpaired) electrons. The highest BCUT2D eigenvalue weighted by atomic mass is 35.5. The zero-order valence-electron chi connectivity index (χ0n) is 17.7. The number of benzene rings is 3. The average molecular weight is 452 g/mol. The largest absolute Gasteiger partial charge is 0.322 e. The molecule has 32 heavy (non-hydrogen) atoms. The maximum atomic E-state index is 12.9. The van der Waals surface area contributed by atoms with Gasteiger partial charge in [-0.1, -0.05) is 48.9 Å². The molecule has 0 atom stereocenters. The molecule has 0 aromatic heterocycles. The number of anilines is 1. The normalized spacial score (nSPS) is 13.8. The number of carbonyl (C=O) groups is 1. The Labute approximate surface area is 193 Å². The van der Waals surface area contributed by atoms with Gasteiger partial charge in [0.15, 0.2) is 0 Å². The van der Waals surface area contributed by atoms with Crippen molar-refractivity contribution in [3.8, 4) is 11.1 Å². The Morgan fingerprint density at radius 3 is 2.41 bits per heavy atom. The second-order valence-electron chi connectivity index (χ2n) is 7.84.